The van der Waals surface area contributed by atoms with Crippen LogP contribution < -0.4 is 0 Å². The molecule has 16 heavy (non-hydrogen) atoms. The van der Waals surface area contributed by atoms with Crippen molar-refractivity contribution in [3.8, 4) is 0 Å². The number of aldehydes is 1. The van der Waals surface area contributed by atoms with E-state index in [1.807, 2.05) is 32.2 Å². The highest BCUT2D eigenvalue weighted by atomic mass is 35.5. The zero-order valence-electron chi connectivity index (χ0n) is 9.27. The minimum absolute atomic E-state index is 0.221. The van der Waals surface area contributed by atoms with Gasteiger partial charge in [0.2, 0.25) is 0 Å². The third-order valence-corrected chi connectivity index (χ3v) is 3.13. The summed E-state index contributed by atoms with van der Waals surface area (Å²) in [5.74, 6) is 0.221. The number of fused-ring (bicyclic) bond motifs is 1. The SMILES string of the molecule is CC(CC=O)c1ccc2c(c1)c(Cl)nn2C. The first kappa shape index (κ1) is 11.1. The molecule has 0 bridgehead atoms. The van der Waals surface area contributed by atoms with Crippen LogP contribution in [0, 0.1) is 0 Å². The van der Waals surface area contributed by atoms with E-state index in [0.29, 0.717) is 11.6 Å². The summed E-state index contributed by atoms with van der Waals surface area (Å²) in [7, 11) is 1.86. The van der Waals surface area contributed by atoms with E-state index in [9.17, 15) is 4.79 Å². The van der Waals surface area contributed by atoms with Gasteiger partial charge in [0, 0.05) is 18.9 Å². The Labute approximate surface area is 99.0 Å². The maximum atomic E-state index is 10.5. The van der Waals surface area contributed by atoms with Crippen molar-refractivity contribution in [3.05, 3.63) is 28.9 Å². The lowest BCUT2D eigenvalue weighted by molar-refractivity contribution is -0.108. The summed E-state index contributed by atoms with van der Waals surface area (Å²) in [4.78, 5) is 10.5. The highest BCUT2D eigenvalue weighted by Crippen LogP contribution is 2.27. The third-order valence-electron chi connectivity index (χ3n) is 2.85. The van der Waals surface area contributed by atoms with Gasteiger partial charge in [-0.3, -0.25) is 4.68 Å². The number of carbonyl (C=O) groups is 1. The summed E-state index contributed by atoms with van der Waals surface area (Å²) in [5.41, 5.74) is 2.13. The molecule has 0 N–H and O–H groups in total. The molecule has 1 aromatic heterocycles. The van der Waals surface area contributed by atoms with Crippen LogP contribution in [0.25, 0.3) is 10.9 Å². The summed E-state index contributed by atoms with van der Waals surface area (Å²) >= 11 is 6.03. The van der Waals surface area contributed by atoms with Crippen molar-refractivity contribution in [2.75, 3.05) is 0 Å². The van der Waals surface area contributed by atoms with E-state index in [0.717, 1.165) is 22.8 Å². The van der Waals surface area contributed by atoms with Crippen molar-refractivity contribution in [1.29, 1.82) is 0 Å². The van der Waals surface area contributed by atoms with E-state index in [1.165, 1.54) is 0 Å². The fraction of sp³-hybridized carbons (Fsp3) is 0.333. The molecular formula is C12H13ClN2O. The Kier molecular flexibility index (Phi) is 2.97. The molecule has 2 rings (SSSR count). The van der Waals surface area contributed by atoms with Crippen LogP contribution in [-0.4, -0.2) is 16.1 Å². The summed E-state index contributed by atoms with van der Waals surface area (Å²) in [6.07, 6.45) is 1.48. The van der Waals surface area contributed by atoms with Crippen molar-refractivity contribution in [3.63, 3.8) is 0 Å². The Morgan fingerprint density at radius 2 is 2.31 bits per heavy atom. The smallest absolute Gasteiger partial charge is 0.158 e. The summed E-state index contributed by atoms with van der Waals surface area (Å²) in [5, 5.41) is 5.60. The molecule has 0 aliphatic rings. The Morgan fingerprint density at radius 1 is 1.56 bits per heavy atom. The second kappa shape index (κ2) is 4.26. The van der Waals surface area contributed by atoms with E-state index < -0.39 is 0 Å². The zero-order valence-corrected chi connectivity index (χ0v) is 10.0. The van der Waals surface area contributed by atoms with Gasteiger partial charge in [0.15, 0.2) is 5.15 Å². The van der Waals surface area contributed by atoms with E-state index in [1.54, 1.807) is 4.68 Å². The number of rotatable bonds is 3. The first-order chi connectivity index (χ1) is 7.63. The predicted molar refractivity (Wildman–Crippen MR) is 64.8 cm³/mol. The van der Waals surface area contributed by atoms with Crippen LogP contribution in [0.1, 0.15) is 24.8 Å². The van der Waals surface area contributed by atoms with Crippen LogP contribution in [0.3, 0.4) is 0 Å². The standard InChI is InChI=1S/C12H13ClN2O/c1-8(5-6-16)9-3-4-11-10(7-9)12(13)14-15(11)2/h3-4,6-8H,5H2,1-2H3. The van der Waals surface area contributed by atoms with Gasteiger partial charge in [-0.2, -0.15) is 5.10 Å². The molecule has 3 nitrogen and oxygen atoms in total. The number of halogens is 1. The fourth-order valence-corrected chi connectivity index (χ4v) is 2.09. The Hall–Kier alpha value is -1.35. The van der Waals surface area contributed by atoms with Crippen molar-refractivity contribution in [1.82, 2.24) is 9.78 Å². The molecule has 0 saturated carbocycles. The van der Waals surface area contributed by atoms with Crippen molar-refractivity contribution in [2.24, 2.45) is 7.05 Å². The lowest BCUT2D eigenvalue weighted by atomic mass is 9.97. The second-order valence-corrected chi connectivity index (χ2v) is 4.35. The van der Waals surface area contributed by atoms with Gasteiger partial charge in [-0.05, 0) is 23.6 Å². The van der Waals surface area contributed by atoms with Crippen LogP contribution in [0.15, 0.2) is 18.2 Å². The molecule has 0 aliphatic carbocycles. The molecule has 1 heterocycles. The molecule has 0 aliphatic heterocycles. The highest BCUT2D eigenvalue weighted by molar-refractivity contribution is 6.34. The topological polar surface area (TPSA) is 34.9 Å². The minimum atomic E-state index is 0.221. The molecule has 1 unspecified atom stereocenters. The number of aryl methyl sites for hydroxylation is 1. The summed E-state index contributed by atoms with van der Waals surface area (Å²) in [6.45, 7) is 2.03. The average molecular weight is 237 g/mol. The van der Waals surface area contributed by atoms with Gasteiger partial charge < -0.3 is 4.79 Å². The number of hydrogen-bond donors (Lipinski definition) is 0. The quantitative estimate of drug-likeness (QED) is 0.768. The second-order valence-electron chi connectivity index (χ2n) is 3.99. The van der Waals surface area contributed by atoms with Crippen molar-refractivity contribution < 1.29 is 4.79 Å². The van der Waals surface area contributed by atoms with Gasteiger partial charge >= 0.3 is 0 Å². The third kappa shape index (κ3) is 1.83. The first-order valence-corrected chi connectivity index (χ1v) is 5.57. The Balaban J connectivity index is 2.51. The van der Waals surface area contributed by atoms with E-state index in [-0.39, 0.29) is 5.92 Å². The number of nitrogens with zero attached hydrogens (tertiary/aromatic N) is 2. The maximum absolute atomic E-state index is 10.5. The van der Waals surface area contributed by atoms with Gasteiger partial charge in [-0.15, -0.1) is 0 Å². The van der Waals surface area contributed by atoms with Gasteiger partial charge in [0.1, 0.15) is 6.29 Å². The molecule has 0 spiro atoms. The van der Waals surface area contributed by atoms with Gasteiger partial charge in [0.05, 0.1) is 5.52 Å². The number of benzene rings is 1. The first-order valence-electron chi connectivity index (χ1n) is 5.19. The van der Waals surface area contributed by atoms with Crippen LogP contribution in [0.2, 0.25) is 5.15 Å². The molecule has 84 valence electrons. The van der Waals surface area contributed by atoms with Crippen molar-refractivity contribution in [2.45, 2.75) is 19.3 Å². The number of hydrogen-bond acceptors (Lipinski definition) is 2. The monoisotopic (exact) mass is 236 g/mol. The lowest BCUT2D eigenvalue weighted by Crippen LogP contribution is -1.94. The van der Waals surface area contributed by atoms with E-state index in [2.05, 4.69) is 5.10 Å². The van der Waals surface area contributed by atoms with Gasteiger partial charge in [-0.25, -0.2) is 0 Å². The van der Waals surface area contributed by atoms with Gasteiger partial charge in [-0.1, -0.05) is 24.6 Å². The normalized spacial score (nSPS) is 12.9. The number of carbonyl (C=O) groups excluding carboxylic acids is 1. The van der Waals surface area contributed by atoms with E-state index in [4.69, 9.17) is 11.6 Å². The lowest BCUT2D eigenvalue weighted by Gasteiger charge is -2.08. The number of aromatic nitrogens is 2. The maximum Gasteiger partial charge on any atom is 0.158 e. The molecule has 1 atom stereocenters. The van der Waals surface area contributed by atoms with Crippen LogP contribution >= 0.6 is 11.6 Å². The Morgan fingerprint density at radius 3 is 3.00 bits per heavy atom. The molecule has 0 amide bonds. The van der Waals surface area contributed by atoms with E-state index >= 15 is 0 Å². The predicted octanol–water partition coefficient (Wildman–Crippen LogP) is 2.92. The largest absolute Gasteiger partial charge is 0.303 e. The Bertz CT molecular complexity index is 533. The average Bonchev–Trinajstić information content (AvgIpc) is 2.55. The van der Waals surface area contributed by atoms with Crippen LogP contribution in [-0.2, 0) is 11.8 Å². The fourth-order valence-electron chi connectivity index (χ4n) is 1.83. The molecular weight excluding hydrogens is 224 g/mol. The zero-order chi connectivity index (χ0) is 11.7. The molecule has 0 fully saturated rings. The molecule has 2 aromatic rings. The highest BCUT2D eigenvalue weighted by Gasteiger charge is 2.10. The molecule has 0 radical (unpaired) electrons. The summed E-state index contributed by atoms with van der Waals surface area (Å²) in [6, 6.07) is 6.03. The van der Waals surface area contributed by atoms with Gasteiger partial charge in [0.25, 0.3) is 0 Å². The van der Waals surface area contributed by atoms with Crippen LogP contribution in [0.4, 0.5) is 0 Å². The molecule has 0 saturated heterocycles. The molecule has 4 heteroatoms. The minimum Gasteiger partial charge on any atom is -0.303 e. The van der Waals surface area contributed by atoms with Crippen LogP contribution in [0.5, 0.6) is 0 Å². The van der Waals surface area contributed by atoms with Crippen molar-refractivity contribution >= 4 is 28.8 Å². The molecule has 1 aromatic carbocycles. The summed E-state index contributed by atoms with van der Waals surface area (Å²) < 4.78 is 1.76.